The predicted octanol–water partition coefficient (Wildman–Crippen LogP) is 0.694. The molecule has 1 atom stereocenters. The average Bonchev–Trinajstić information content (AvgIpc) is 3.18. The largest absolute Gasteiger partial charge is 0.340 e. The molecule has 5 nitrogen and oxygen atoms in total. The maximum atomic E-state index is 12.7. The number of amides is 2. The summed E-state index contributed by atoms with van der Waals surface area (Å²) >= 11 is 0. The van der Waals surface area contributed by atoms with Gasteiger partial charge < -0.3 is 9.80 Å². The van der Waals surface area contributed by atoms with Crippen LogP contribution >= 0.6 is 0 Å². The fraction of sp³-hybridized carbons (Fsp3) is 0.867. The van der Waals surface area contributed by atoms with Crippen LogP contribution in [0.5, 0.6) is 0 Å². The molecule has 0 unspecified atom stereocenters. The Kier molecular flexibility index (Phi) is 3.96. The van der Waals surface area contributed by atoms with Crippen LogP contribution in [0.1, 0.15) is 39.0 Å². The first-order valence-corrected chi connectivity index (χ1v) is 7.97. The minimum atomic E-state index is -0.194. The Bertz CT molecular complexity index is 395. The van der Waals surface area contributed by atoms with Gasteiger partial charge in [-0.25, -0.2) is 0 Å². The summed E-state index contributed by atoms with van der Waals surface area (Å²) < 4.78 is 0. The van der Waals surface area contributed by atoms with Gasteiger partial charge >= 0.3 is 0 Å². The van der Waals surface area contributed by atoms with Crippen LogP contribution in [-0.4, -0.2) is 71.3 Å². The lowest BCUT2D eigenvalue weighted by Gasteiger charge is -2.29. The Labute approximate surface area is 120 Å². The van der Waals surface area contributed by atoms with E-state index in [9.17, 15) is 9.59 Å². The summed E-state index contributed by atoms with van der Waals surface area (Å²) in [5.74, 6) is 0.214. The van der Waals surface area contributed by atoms with Gasteiger partial charge in [-0.05, 0) is 32.1 Å². The number of carbonyl (C=O) groups is 2. The van der Waals surface area contributed by atoms with E-state index in [1.807, 2.05) is 4.90 Å². The molecule has 2 amide bonds. The Balaban J connectivity index is 1.60. The van der Waals surface area contributed by atoms with Crippen molar-refractivity contribution in [2.24, 2.45) is 0 Å². The molecule has 3 fully saturated rings. The van der Waals surface area contributed by atoms with Crippen LogP contribution in [0.15, 0.2) is 0 Å². The summed E-state index contributed by atoms with van der Waals surface area (Å²) in [6, 6.07) is 0.588. The number of nitrogens with zero attached hydrogens (tertiary/aromatic N) is 3. The van der Waals surface area contributed by atoms with Crippen molar-refractivity contribution in [3.05, 3.63) is 0 Å². The highest BCUT2D eigenvalue weighted by Crippen LogP contribution is 2.28. The summed E-state index contributed by atoms with van der Waals surface area (Å²) in [4.78, 5) is 30.6. The van der Waals surface area contributed by atoms with Gasteiger partial charge in [0, 0.05) is 45.7 Å². The molecule has 3 rings (SSSR count). The van der Waals surface area contributed by atoms with Crippen LogP contribution < -0.4 is 0 Å². The van der Waals surface area contributed by atoms with E-state index in [1.54, 1.807) is 11.8 Å². The third-order valence-electron chi connectivity index (χ3n) is 4.85. The summed E-state index contributed by atoms with van der Waals surface area (Å²) in [5, 5.41) is 0. The van der Waals surface area contributed by atoms with Gasteiger partial charge in [0.1, 0.15) is 6.04 Å². The molecule has 1 aliphatic carbocycles. The SMILES string of the molecule is CC(=O)N1CCC[C@@H]1C(=O)N1CCCN(C2CC2)CC1. The maximum absolute atomic E-state index is 12.7. The zero-order valence-electron chi connectivity index (χ0n) is 12.4. The molecule has 20 heavy (non-hydrogen) atoms. The molecular formula is C15H25N3O2. The lowest BCUT2D eigenvalue weighted by atomic mass is 10.2. The van der Waals surface area contributed by atoms with Crippen molar-refractivity contribution in [3.63, 3.8) is 0 Å². The highest BCUT2D eigenvalue weighted by atomic mass is 16.2. The number of likely N-dealkylation sites (tertiary alicyclic amines) is 1. The fourth-order valence-corrected chi connectivity index (χ4v) is 3.57. The van der Waals surface area contributed by atoms with Gasteiger partial charge in [-0.2, -0.15) is 0 Å². The summed E-state index contributed by atoms with van der Waals surface area (Å²) in [5.41, 5.74) is 0. The molecule has 0 spiro atoms. The van der Waals surface area contributed by atoms with E-state index in [1.165, 1.54) is 12.8 Å². The monoisotopic (exact) mass is 279 g/mol. The topological polar surface area (TPSA) is 43.9 Å². The second-order valence-corrected chi connectivity index (χ2v) is 6.32. The zero-order chi connectivity index (χ0) is 14.1. The van der Waals surface area contributed by atoms with Crippen LogP contribution in [-0.2, 0) is 9.59 Å². The Hall–Kier alpha value is -1.10. The molecule has 112 valence electrons. The number of rotatable bonds is 2. The minimum Gasteiger partial charge on any atom is -0.340 e. The summed E-state index contributed by atoms with van der Waals surface area (Å²) in [6.07, 6.45) is 5.51. The Morgan fingerprint density at radius 2 is 1.70 bits per heavy atom. The van der Waals surface area contributed by atoms with Crippen LogP contribution in [0.4, 0.5) is 0 Å². The third-order valence-corrected chi connectivity index (χ3v) is 4.85. The molecule has 5 heteroatoms. The first-order chi connectivity index (χ1) is 9.66. The molecule has 3 aliphatic rings. The van der Waals surface area contributed by atoms with E-state index in [0.717, 1.165) is 58.0 Å². The Morgan fingerprint density at radius 3 is 2.40 bits per heavy atom. The second kappa shape index (κ2) is 5.72. The van der Waals surface area contributed by atoms with Gasteiger partial charge in [0.15, 0.2) is 0 Å². The van der Waals surface area contributed by atoms with Crippen LogP contribution in [0, 0.1) is 0 Å². The normalized spacial score (nSPS) is 28.6. The number of hydrogen-bond donors (Lipinski definition) is 0. The molecular weight excluding hydrogens is 254 g/mol. The molecule has 0 N–H and O–H groups in total. The molecule has 0 aromatic rings. The van der Waals surface area contributed by atoms with E-state index in [-0.39, 0.29) is 17.9 Å². The van der Waals surface area contributed by atoms with Crippen molar-refractivity contribution in [2.75, 3.05) is 32.7 Å². The molecule has 2 saturated heterocycles. The molecule has 0 radical (unpaired) electrons. The smallest absolute Gasteiger partial charge is 0.245 e. The molecule has 1 saturated carbocycles. The van der Waals surface area contributed by atoms with Crippen molar-refractivity contribution in [1.82, 2.24) is 14.7 Å². The van der Waals surface area contributed by atoms with Gasteiger partial charge in [-0.15, -0.1) is 0 Å². The van der Waals surface area contributed by atoms with E-state index in [2.05, 4.69) is 4.90 Å². The van der Waals surface area contributed by atoms with Gasteiger partial charge in [0.05, 0.1) is 0 Å². The Morgan fingerprint density at radius 1 is 0.900 bits per heavy atom. The average molecular weight is 279 g/mol. The standard InChI is InChI=1S/C15H25N3O2/c1-12(19)18-9-2-4-14(18)15(20)17-8-3-7-16(10-11-17)13-5-6-13/h13-14H,2-11H2,1H3/t14-/m1/s1. The fourth-order valence-electron chi connectivity index (χ4n) is 3.57. The van der Waals surface area contributed by atoms with Crippen molar-refractivity contribution >= 4 is 11.8 Å². The number of hydrogen-bond acceptors (Lipinski definition) is 3. The minimum absolute atomic E-state index is 0.0373. The quantitative estimate of drug-likeness (QED) is 0.747. The van der Waals surface area contributed by atoms with Gasteiger partial charge in [0.25, 0.3) is 0 Å². The molecule has 0 bridgehead atoms. The van der Waals surface area contributed by atoms with E-state index in [0.29, 0.717) is 0 Å². The second-order valence-electron chi connectivity index (χ2n) is 6.32. The zero-order valence-corrected chi connectivity index (χ0v) is 12.4. The first-order valence-electron chi connectivity index (χ1n) is 7.97. The molecule has 0 aromatic carbocycles. The van der Waals surface area contributed by atoms with Crippen molar-refractivity contribution < 1.29 is 9.59 Å². The first kappa shape index (κ1) is 13.9. The van der Waals surface area contributed by atoms with Crippen LogP contribution in [0.2, 0.25) is 0 Å². The van der Waals surface area contributed by atoms with Crippen molar-refractivity contribution in [2.45, 2.75) is 51.1 Å². The van der Waals surface area contributed by atoms with Gasteiger partial charge in [0.2, 0.25) is 11.8 Å². The highest BCUT2D eigenvalue weighted by molar-refractivity contribution is 5.87. The predicted molar refractivity (Wildman–Crippen MR) is 76.2 cm³/mol. The molecule has 2 heterocycles. The maximum Gasteiger partial charge on any atom is 0.245 e. The third kappa shape index (κ3) is 2.82. The summed E-state index contributed by atoms with van der Waals surface area (Å²) in [7, 11) is 0. The summed E-state index contributed by atoms with van der Waals surface area (Å²) in [6.45, 7) is 6.12. The van der Waals surface area contributed by atoms with E-state index in [4.69, 9.17) is 0 Å². The van der Waals surface area contributed by atoms with Crippen LogP contribution in [0.25, 0.3) is 0 Å². The highest BCUT2D eigenvalue weighted by Gasteiger charge is 2.36. The van der Waals surface area contributed by atoms with Gasteiger partial charge in [-0.3, -0.25) is 14.5 Å². The van der Waals surface area contributed by atoms with Crippen molar-refractivity contribution in [1.29, 1.82) is 0 Å². The van der Waals surface area contributed by atoms with Crippen LogP contribution in [0.3, 0.4) is 0 Å². The lowest BCUT2D eigenvalue weighted by molar-refractivity contribution is -0.142. The molecule has 2 aliphatic heterocycles. The lowest BCUT2D eigenvalue weighted by Crippen LogP contribution is -2.48. The van der Waals surface area contributed by atoms with E-state index < -0.39 is 0 Å². The number of carbonyl (C=O) groups excluding carboxylic acids is 2. The van der Waals surface area contributed by atoms with Gasteiger partial charge in [-0.1, -0.05) is 0 Å². The molecule has 0 aromatic heterocycles. The van der Waals surface area contributed by atoms with Crippen molar-refractivity contribution in [3.8, 4) is 0 Å². The van der Waals surface area contributed by atoms with E-state index >= 15 is 0 Å².